The predicted octanol–water partition coefficient (Wildman–Crippen LogP) is 4.03. The van der Waals surface area contributed by atoms with Gasteiger partial charge in [0.1, 0.15) is 0 Å². The second-order valence-corrected chi connectivity index (χ2v) is 8.36. The van der Waals surface area contributed by atoms with Gasteiger partial charge >= 0.3 is 21.1 Å². The molecule has 2 fully saturated rings. The summed E-state index contributed by atoms with van der Waals surface area (Å²) in [5.74, 6) is -2.29. The molecule has 2 aromatic heterocycles. The van der Waals surface area contributed by atoms with Gasteiger partial charge in [-0.25, -0.2) is 0 Å². The van der Waals surface area contributed by atoms with Gasteiger partial charge in [0.05, 0.1) is 22.2 Å². The molecule has 210 valence electrons. The zero-order valence-electron chi connectivity index (χ0n) is 22.0. The Morgan fingerprint density at radius 1 is 0.615 bits per heavy atom. The standard InChI is InChI=1S/C10H8N2.2C8H12N2O3.Pt/c1-3-7-11-9(5-1)10-6-2-4-8-12-10;2*1-3-8(4-2)5(11)9-7(13)10-6(8)12;/h1-8H;2*3-4H2,1-2H3,(H2,9,10,11,12,13);/q;;;+2/p-2. The zero-order valence-corrected chi connectivity index (χ0v) is 24.3. The van der Waals surface area contributed by atoms with Crippen LogP contribution in [0.1, 0.15) is 53.4 Å². The molecule has 2 saturated heterocycles. The fraction of sp³-hybridized carbons (Fsp3) is 0.385. The summed E-state index contributed by atoms with van der Waals surface area (Å²) in [6, 6.07) is 9.89. The number of carbonyl (C=O) groups excluding carboxylic acids is 6. The predicted molar refractivity (Wildman–Crippen MR) is 137 cm³/mol. The summed E-state index contributed by atoms with van der Waals surface area (Å²) >= 11 is 0. The van der Waals surface area contributed by atoms with Crippen molar-refractivity contribution in [3.05, 3.63) is 59.4 Å². The molecule has 0 bridgehead atoms. The Hall–Kier alpha value is -3.79. The average molecular weight is 718 g/mol. The first-order chi connectivity index (χ1) is 18.1. The van der Waals surface area contributed by atoms with E-state index in [1.165, 1.54) is 0 Å². The van der Waals surface area contributed by atoms with Crippen LogP contribution in [0.15, 0.2) is 48.8 Å². The minimum Gasteiger partial charge on any atom is -0.394 e. The molecule has 0 saturated carbocycles. The second kappa shape index (κ2) is 15.0. The first-order valence-electron chi connectivity index (χ1n) is 12.2. The number of amides is 8. The molecule has 39 heavy (non-hydrogen) atoms. The van der Waals surface area contributed by atoms with Crippen LogP contribution < -0.4 is 10.6 Å². The number of imide groups is 4. The van der Waals surface area contributed by atoms with Crippen molar-refractivity contribution in [2.24, 2.45) is 10.8 Å². The van der Waals surface area contributed by atoms with Gasteiger partial charge in [-0.1, -0.05) is 39.8 Å². The van der Waals surface area contributed by atoms with Crippen LogP contribution in [-0.2, 0) is 40.2 Å². The van der Waals surface area contributed by atoms with Gasteiger partial charge in [0.25, 0.3) is 0 Å². The van der Waals surface area contributed by atoms with E-state index in [2.05, 4.69) is 20.6 Å². The van der Waals surface area contributed by atoms with Crippen LogP contribution in [0.5, 0.6) is 0 Å². The Kier molecular flexibility index (Phi) is 12.8. The van der Waals surface area contributed by atoms with Crippen LogP contribution in [0, 0.1) is 10.8 Å². The van der Waals surface area contributed by atoms with E-state index in [1.54, 1.807) is 40.1 Å². The molecule has 0 radical (unpaired) electrons. The van der Waals surface area contributed by atoms with Gasteiger partial charge < -0.3 is 21.3 Å². The molecular formula is C26H30N6O6Pt. The maximum atomic E-state index is 11.4. The summed E-state index contributed by atoms with van der Waals surface area (Å²) in [6.45, 7) is 6.91. The zero-order chi connectivity index (χ0) is 28.3. The molecule has 4 heterocycles. The van der Waals surface area contributed by atoms with E-state index in [0.717, 1.165) is 11.4 Å². The third kappa shape index (κ3) is 7.63. The largest absolute Gasteiger partial charge is 2.00 e. The van der Waals surface area contributed by atoms with Crippen LogP contribution in [0.3, 0.4) is 0 Å². The third-order valence-corrected chi connectivity index (χ3v) is 6.54. The van der Waals surface area contributed by atoms with E-state index < -0.39 is 46.5 Å². The van der Waals surface area contributed by atoms with Crippen LogP contribution >= 0.6 is 0 Å². The molecule has 12 nitrogen and oxygen atoms in total. The van der Waals surface area contributed by atoms with Gasteiger partial charge in [-0.15, -0.1) is 0 Å². The van der Waals surface area contributed by atoms with Crippen molar-refractivity contribution in [3.63, 3.8) is 0 Å². The molecule has 0 atom stereocenters. The maximum absolute atomic E-state index is 11.4. The molecule has 13 heteroatoms. The summed E-state index contributed by atoms with van der Waals surface area (Å²) in [5.41, 5.74) is -0.404. The van der Waals surface area contributed by atoms with Crippen molar-refractivity contribution in [3.8, 4) is 11.4 Å². The van der Waals surface area contributed by atoms with Crippen molar-refractivity contribution in [2.45, 2.75) is 53.4 Å². The second-order valence-electron chi connectivity index (χ2n) is 8.36. The Morgan fingerprint density at radius 2 is 0.949 bits per heavy atom. The van der Waals surface area contributed by atoms with Gasteiger partial charge in [-0.3, -0.25) is 38.7 Å². The monoisotopic (exact) mass is 717 g/mol. The van der Waals surface area contributed by atoms with Crippen LogP contribution in [-0.4, -0.2) is 45.7 Å². The molecule has 0 aliphatic carbocycles. The quantitative estimate of drug-likeness (QED) is 0.435. The third-order valence-electron chi connectivity index (χ3n) is 6.54. The molecule has 0 aromatic carbocycles. The van der Waals surface area contributed by atoms with Crippen molar-refractivity contribution in [1.82, 2.24) is 20.6 Å². The van der Waals surface area contributed by atoms with E-state index in [0.29, 0.717) is 25.7 Å². The Morgan fingerprint density at radius 3 is 1.18 bits per heavy atom. The van der Waals surface area contributed by atoms with Crippen LogP contribution in [0.25, 0.3) is 22.0 Å². The molecule has 0 unspecified atom stereocenters. The van der Waals surface area contributed by atoms with Gasteiger partial charge in [0, 0.05) is 12.4 Å². The molecule has 8 amide bonds. The number of pyridine rings is 2. The van der Waals surface area contributed by atoms with E-state index in [-0.39, 0.29) is 21.1 Å². The molecule has 0 spiro atoms. The van der Waals surface area contributed by atoms with Crippen molar-refractivity contribution in [2.75, 3.05) is 0 Å². The van der Waals surface area contributed by atoms with E-state index in [9.17, 15) is 28.8 Å². The van der Waals surface area contributed by atoms with E-state index >= 15 is 0 Å². The minimum atomic E-state index is -1.12. The number of aromatic nitrogens is 2. The fourth-order valence-electron chi connectivity index (χ4n) is 3.86. The van der Waals surface area contributed by atoms with Gasteiger partial charge in [0.15, 0.2) is 35.7 Å². The molecule has 2 N–H and O–H groups in total. The number of urea groups is 2. The number of hydrogen-bond donors (Lipinski definition) is 2. The minimum absolute atomic E-state index is 0. The Balaban J connectivity index is 0.000000289. The molecule has 2 aromatic rings. The van der Waals surface area contributed by atoms with Gasteiger partial charge in [0.2, 0.25) is 0 Å². The number of barbiturate groups is 2. The Bertz CT molecular complexity index is 1050. The number of carbonyl (C=O) groups is 6. The van der Waals surface area contributed by atoms with Crippen molar-refractivity contribution >= 4 is 35.7 Å². The van der Waals surface area contributed by atoms with Crippen molar-refractivity contribution < 1.29 is 49.8 Å². The van der Waals surface area contributed by atoms with Gasteiger partial charge in [-0.05, 0) is 49.9 Å². The summed E-state index contributed by atoms with van der Waals surface area (Å²) in [6.07, 6.45) is 5.00. The summed E-state index contributed by atoms with van der Waals surface area (Å²) < 4.78 is 0. The number of nitrogens with zero attached hydrogens (tertiary/aromatic N) is 4. The molecule has 2 aliphatic heterocycles. The topological polar surface area (TPSA) is 180 Å². The number of rotatable bonds is 5. The summed E-state index contributed by atoms with van der Waals surface area (Å²) in [7, 11) is 0. The molecular weight excluding hydrogens is 687 g/mol. The van der Waals surface area contributed by atoms with Crippen molar-refractivity contribution in [1.29, 1.82) is 0 Å². The number of hydrogen-bond acceptors (Lipinski definition) is 8. The maximum Gasteiger partial charge on any atom is 2.00 e. The SMILES string of the molecule is CCC1(CC)C(=O)[N-]C(=O)NC1=O.CCC1(CC)C(=O)[N-]C(=O)NC1=O.[Pt+2].c1ccc(-c2ccccn2)nc1. The molecule has 2 aliphatic rings. The first kappa shape index (κ1) is 33.2. The molecule has 4 rings (SSSR count). The van der Waals surface area contributed by atoms with Crippen LogP contribution in [0.2, 0.25) is 0 Å². The summed E-state index contributed by atoms with van der Waals surface area (Å²) in [5, 5.41) is 10.5. The van der Waals surface area contributed by atoms with E-state index in [4.69, 9.17) is 0 Å². The van der Waals surface area contributed by atoms with E-state index in [1.807, 2.05) is 47.0 Å². The van der Waals surface area contributed by atoms with Gasteiger partial charge in [-0.2, -0.15) is 0 Å². The smallest absolute Gasteiger partial charge is 0.394 e. The normalized spacial score (nSPS) is 16.9. The van der Waals surface area contributed by atoms with Crippen LogP contribution in [0.4, 0.5) is 9.59 Å². The number of nitrogens with one attached hydrogen (secondary N) is 2. The fourth-order valence-corrected chi connectivity index (χ4v) is 3.86. The first-order valence-corrected chi connectivity index (χ1v) is 12.2. The average Bonchev–Trinajstić information content (AvgIpc) is 2.91. The Labute approximate surface area is 240 Å². The summed E-state index contributed by atoms with van der Waals surface area (Å²) in [4.78, 5) is 75.2.